The SMILES string of the molecule is CSOC(C)(C)c1ccccn1. The summed E-state index contributed by atoms with van der Waals surface area (Å²) in [5.74, 6) is 0. The van der Waals surface area contributed by atoms with E-state index in [1.54, 1.807) is 6.20 Å². The van der Waals surface area contributed by atoms with Gasteiger partial charge in [0.15, 0.2) is 0 Å². The molecule has 0 bridgehead atoms. The van der Waals surface area contributed by atoms with Crippen LogP contribution in [-0.4, -0.2) is 11.2 Å². The zero-order valence-electron chi connectivity index (χ0n) is 7.57. The lowest BCUT2D eigenvalue weighted by atomic mass is 10.1. The molecule has 0 aromatic carbocycles. The number of rotatable bonds is 3. The Bertz CT molecular complexity index is 236. The van der Waals surface area contributed by atoms with Crippen LogP contribution in [0.25, 0.3) is 0 Å². The molecule has 0 aliphatic rings. The summed E-state index contributed by atoms with van der Waals surface area (Å²) in [6, 6.07) is 5.84. The van der Waals surface area contributed by atoms with Crippen LogP contribution in [0.1, 0.15) is 19.5 Å². The summed E-state index contributed by atoms with van der Waals surface area (Å²) in [7, 11) is 0. The van der Waals surface area contributed by atoms with Crippen molar-refractivity contribution in [1.82, 2.24) is 4.98 Å². The van der Waals surface area contributed by atoms with Gasteiger partial charge in [-0.1, -0.05) is 6.07 Å². The Morgan fingerprint density at radius 2 is 2.17 bits per heavy atom. The molecule has 3 heteroatoms. The van der Waals surface area contributed by atoms with Gasteiger partial charge in [-0.2, -0.15) is 0 Å². The smallest absolute Gasteiger partial charge is 0.119 e. The second-order valence-corrected chi connectivity index (χ2v) is 3.48. The zero-order chi connectivity index (χ0) is 9.03. The minimum Gasteiger partial charge on any atom is -0.303 e. The van der Waals surface area contributed by atoms with E-state index in [0.29, 0.717) is 0 Å². The van der Waals surface area contributed by atoms with Crippen LogP contribution >= 0.6 is 12.0 Å². The summed E-state index contributed by atoms with van der Waals surface area (Å²) in [4.78, 5) is 4.23. The Balaban J connectivity index is 2.82. The lowest BCUT2D eigenvalue weighted by Crippen LogP contribution is -2.19. The van der Waals surface area contributed by atoms with Crippen LogP contribution < -0.4 is 0 Å². The van der Waals surface area contributed by atoms with Gasteiger partial charge in [0.2, 0.25) is 0 Å². The van der Waals surface area contributed by atoms with Crippen LogP contribution in [-0.2, 0) is 9.78 Å². The van der Waals surface area contributed by atoms with E-state index in [1.807, 2.05) is 38.3 Å². The topological polar surface area (TPSA) is 22.1 Å². The molecule has 0 spiro atoms. The van der Waals surface area contributed by atoms with Crippen molar-refractivity contribution in [1.29, 1.82) is 0 Å². The first-order valence-electron chi connectivity index (χ1n) is 3.80. The lowest BCUT2D eigenvalue weighted by molar-refractivity contribution is 0.136. The largest absolute Gasteiger partial charge is 0.303 e. The van der Waals surface area contributed by atoms with Crippen LogP contribution in [0.3, 0.4) is 0 Å². The molecule has 2 nitrogen and oxygen atoms in total. The summed E-state index contributed by atoms with van der Waals surface area (Å²) in [5, 5.41) is 0. The molecule has 0 radical (unpaired) electrons. The summed E-state index contributed by atoms with van der Waals surface area (Å²) in [6.07, 6.45) is 3.69. The van der Waals surface area contributed by atoms with Crippen molar-refractivity contribution in [3.8, 4) is 0 Å². The van der Waals surface area contributed by atoms with Gasteiger partial charge in [-0.05, 0) is 38.0 Å². The highest BCUT2D eigenvalue weighted by atomic mass is 32.2. The monoisotopic (exact) mass is 183 g/mol. The van der Waals surface area contributed by atoms with Crippen molar-refractivity contribution in [2.24, 2.45) is 0 Å². The molecular formula is C9H13NOS. The van der Waals surface area contributed by atoms with E-state index in [4.69, 9.17) is 4.18 Å². The molecule has 66 valence electrons. The molecule has 0 fully saturated rings. The summed E-state index contributed by atoms with van der Waals surface area (Å²) in [6.45, 7) is 4.01. The minimum absolute atomic E-state index is 0.305. The maximum absolute atomic E-state index is 5.47. The molecule has 1 heterocycles. The quantitative estimate of drug-likeness (QED) is 0.672. The summed E-state index contributed by atoms with van der Waals surface area (Å²) < 4.78 is 5.47. The van der Waals surface area contributed by atoms with Gasteiger partial charge in [-0.15, -0.1) is 0 Å². The molecule has 0 amide bonds. The van der Waals surface area contributed by atoms with Crippen LogP contribution in [0.15, 0.2) is 24.4 Å². The highest BCUT2D eigenvalue weighted by Crippen LogP contribution is 2.25. The molecule has 0 aliphatic heterocycles. The fourth-order valence-corrected chi connectivity index (χ4v) is 1.47. The predicted molar refractivity (Wildman–Crippen MR) is 51.9 cm³/mol. The predicted octanol–water partition coefficient (Wildman–Crippen LogP) is 2.61. The van der Waals surface area contributed by atoms with Gasteiger partial charge < -0.3 is 4.18 Å². The third kappa shape index (κ3) is 2.22. The van der Waals surface area contributed by atoms with Gasteiger partial charge in [-0.3, -0.25) is 4.98 Å². The van der Waals surface area contributed by atoms with Crippen molar-refractivity contribution < 1.29 is 4.18 Å². The normalized spacial score (nSPS) is 11.6. The Hall–Kier alpha value is -0.540. The molecule has 1 rings (SSSR count). The Labute approximate surface area is 77.6 Å². The van der Waals surface area contributed by atoms with Gasteiger partial charge in [0.1, 0.15) is 5.60 Å². The third-order valence-electron chi connectivity index (χ3n) is 1.57. The van der Waals surface area contributed by atoms with Crippen molar-refractivity contribution in [2.45, 2.75) is 19.4 Å². The first kappa shape index (κ1) is 9.55. The van der Waals surface area contributed by atoms with E-state index in [1.165, 1.54) is 12.0 Å². The van der Waals surface area contributed by atoms with Crippen molar-refractivity contribution in [3.63, 3.8) is 0 Å². The third-order valence-corrected chi connectivity index (χ3v) is 2.16. The van der Waals surface area contributed by atoms with E-state index in [2.05, 4.69) is 4.98 Å². The molecule has 12 heavy (non-hydrogen) atoms. The Kier molecular flexibility index (Phi) is 3.12. The minimum atomic E-state index is -0.305. The molecule has 0 N–H and O–H groups in total. The maximum atomic E-state index is 5.47. The molecule has 0 aliphatic carbocycles. The first-order chi connectivity index (χ1) is 5.67. The average Bonchev–Trinajstić information content (AvgIpc) is 2.06. The fraction of sp³-hybridized carbons (Fsp3) is 0.444. The van der Waals surface area contributed by atoms with Crippen LogP contribution in [0.5, 0.6) is 0 Å². The van der Waals surface area contributed by atoms with Crippen molar-refractivity contribution in [2.75, 3.05) is 6.26 Å². The van der Waals surface area contributed by atoms with Crippen LogP contribution in [0, 0.1) is 0 Å². The van der Waals surface area contributed by atoms with E-state index >= 15 is 0 Å². The number of pyridine rings is 1. The Morgan fingerprint density at radius 1 is 1.42 bits per heavy atom. The molecule has 1 aromatic heterocycles. The Morgan fingerprint density at radius 3 is 2.67 bits per heavy atom. The van der Waals surface area contributed by atoms with Gasteiger partial charge in [0, 0.05) is 12.5 Å². The van der Waals surface area contributed by atoms with E-state index in [-0.39, 0.29) is 5.60 Å². The average molecular weight is 183 g/mol. The fourth-order valence-electron chi connectivity index (χ4n) is 0.970. The number of aromatic nitrogens is 1. The molecule has 1 aromatic rings. The molecule has 0 saturated carbocycles. The molecule has 0 saturated heterocycles. The van der Waals surface area contributed by atoms with Crippen LogP contribution in [0.4, 0.5) is 0 Å². The molecule has 0 unspecified atom stereocenters. The number of nitrogens with zero attached hydrogens (tertiary/aromatic N) is 1. The zero-order valence-corrected chi connectivity index (χ0v) is 8.39. The number of hydrogen-bond donors (Lipinski definition) is 0. The summed E-state index contributed by atoms with van der Waals surface area (Å²) in [5.41, 5.74) is 0.653. The highest BCUT2D eigenvalue weighted by molar-refractivity contribution is 7.93. The van der Waals surface area contributed by atoms with Gasteiger partial charge >= 0.3 is 0 Å². The number of hydrogen-bond acceptors (Lipinski definition) is 3. The second-order valence-electron chi connectivity index (χ2n) is 2.98. The van der Waals surface area contributed by atoms with Gasteiger partial charge in [-0.25, -0.2) is 0 Å². The van der Waals surface area contributed by atoms with E-state index < -0.39 is 0 Å². The van der Waals surface area contributed by atoms with Gasteiger partial charge in [0.25, 0.3) is 0 Å². The lowest BCUT2D eigenvalue weighted by Gasteiger charge is -2.22. The highest BCUT2D eigenvalue weighted by Gasteiger charge is 2.22. The van der Waals surface area contributed by atoms with Gasteiger partial charge in [0.05, 0.1) is 5.69 Å². The summed E-state index contributed by atoms with van der Waals surface area (Å²) >= 11 is 1.36. The second kappa shape index (κ2) is 3.92. The molecular weight excluding hydrogens is 170 g/mol. The molecule has 0 atom stereocenters. The van der Waals surface area contributed by atoms with Crippen LogP contribution in [0.2, 0.25) is 0 Å². The van der Waals surface area contributed by atoms with Crippen molar-refractivity contribution in [3.05, 3.63) is 30.1 Å². The maximum Gasteiger partial charge on any atom is 0.119 e. The van der Waals surface area contributed by atoms with Crippen molar-refractivity contribution >= 4 is 12.0 Å². The van der Waals surface area contributed by atoms with E-state index in [0.717, 1.165) is 5.69 Å². The first-order valence-corrected chi connectivity index (χ1v) is 4.95. The standard InChI is InChI=1S/C9H13NOS/c1-9(2,11-12-3)8-6-4-5-7-10-8/h4-7H,1-3H3. The van der Waals surface area contributed by atoms with E-state index in [9.17, 15) is 0 Å².